The Morgan fingerprint density at radius 3 is 2.35 bits per heavy atom. The van der Waals surface area contributed by atoms with Crippen LogP contribution >= 0.6 is 33.9 Å². The van der Waals surface area contributed by atoms with Crippen molar-refractivity contribution in [2.75, 3.05) is 0 Å². The van der Waals surface area contributed by atoms with Crippen molar-refractivity contribution in [3.05, 3.63) is 38.2 Å². The summed E-state index contributed by atoms with van der Waals surface area (Å²) in [5.41, 5.74) is 8.70. The van der Waals surface area contributed by atoms with Crippen LogP contribution in [0.15, 0.2) is 29.6 Å². The molecule has 1 saturated carbocycles. The van der Waals surface area contributed by atoms with Gasteiger partial charge < -0.3 is 5.73 Å². The van der Waals surface area contributed by atoms with E-state index < -0.39 is 0 Å². The molecule has 0 unspecified atom stereocenters. The summed E-state index contributed by atoms with van der Waals surface area (Å²) in [5, 5.41) is 3.27. The van der Waals surface area contributed by atoms with E-state index in [1.807, 2.05) is 0 Å². The monoisotopic (exact) mass is 398 g/mol. The highest BCUT2D eigenvalue weighted by Gasteiger charge is 2.31. The number of nitrogens with two attached hydrogens (primary N) is 1. The molecule has 0 radical (unpaired) electrons. The maximum Gasteiger partial charge on any atom is 0.113 e. The Hall–Kier alpha value is -0.460. The highest BCUT2D eigenvalue weighted by atomic mass is 127. The van der Waals surface area contributed by atoms with Gasteiger partial charge in [0.25, 0.3) is 0 Å². The first-order chi connectivity index (χ1) is 9.67. The molecule has 1 fully saturated rings. The molecule has 4 heteroatoms. The summed E-state index contributed by atoms with van der Waals surface area (Å²) in [6.45, 7) is 0. The predicted octanol–water partition coefficient (Wildman–Crippen LogP) is 4.92. The second-order valence-electron chi connectivity index (χ2n) is 5.62. The topological polar surface area (TPSA) is 38.9 Å². The number of benzene rings is 1. The lowest BCUT2D eigenvalue weighted by atomic mass is 9.92. The molecular formula is C16H19IN2S. The second kappa shape index (κ2) is 6.12. The maximum absolute atomic E-state index is 6.64. The van der Waals surface area contributed by atoms with Gasteiger partial charge in [0.05, 0.1) is 11.2 Å². The van der Waals surface area contributed by atoms with Crippen molar-refractivity contribution in [3.63, 3.8) is 0 Å². The van der Waals surface area contributed by atoms with Crippen molar-refractivity contribution in [1.29, 1.82) is 0 Å². The normalized spacial score (nSPS) is 18.7. The van der Waals surface area contributed by atoms with E-state index in [2.05, 4.69) is 52.2 Å². The summed E-state index contributed by atoms with van der Waals surface area (Å²) in [4.78, 5) is 4.84. The van der Waals surface area contributed by atoms with Gasteiger partial charge in [-0.05, 0) is 47.6 Å². The van der Waals surface area contributed by atoms with Gasteiger partial charge in [-0.3, -0.25) is 0 Å². The molecule has 2 nitrogen and oxygen atoms in total. The van der Waals surface area contributed by atoms with Crippen LogP contribution in [0.5, 0.6) is 0 Å². The second-order valence-corrected chi connectivity index (χ2v) is 7.72. The minimum Gasteiger partial charge on any atom is -0.319 e. The summed E-state index contributed by atoms with van der Waals surface area (Å²) < 4.78 is 1.25. The Morgan fingerprint density at radius 1 is 1.05 bits per heavy atom. The summed E-state index contributed by atoms with van der Waals surface area (Å²) >= 11 is 4.05. The van der Waals surface area contributed by atoms with Crippen LogP contribution < -0.4 is 5.73 Å². The molecule has 3 rings (SSSR count). The number of nitrogens with zero attached hydrogens (tertiary/aromatic N) is 1. The highest BCUT2D eigenvalue weighted by molar-refractivity contribution is 14.1. The molecule has 1 aromatic carbocycles. The van der Waals surface area contributed by atoms with Gasteiger partial charge >= 0.3 is 0 Å². The molecule has 1 aliphatic carbocycles. The Bertz CT molecular complexity index is 568. The van der Waals surface area contributed by atoms with Gasteiger partial charge in [0, 0.05) is 14.5 Å². The standard InChI is InChI=1S/C16H19IN2S/c17-13-7-5-12(6-8-13)14-11-20-15(19-14)16(18)9-3-1-2-4-10-16/h5-8,11H,1-4,9-10,18H2. The first kappa shape index (κ1) is 14.5. The molecule has 0 saturated heterocycles. The third-order valence-electron chi connectivity index (χ3n) is 4.07. The Morgan fingerprint density at radius 2 is 1.70 bits per heavy atom. The van der Waals surface area contributed by atoms with Gasteiger partial charge in [-0.25, -0.2) is 4.98 Å². The minimum absolute atomic E-state index is 0.192. The molecule has 0 amide bonds. The summed E-state index contributed by atoms with van der Waals surface area (Å²) in [7, 11) is 0. The van der Waals surface area contributed by atoms with E-state index in [-0.39, 0.29) is 5.54 Å². The van der Waals surface area contributed by atoms with Crippen LogP contribution in [-0.4, -0.2) is 4.98 Å². The van der Waals surface area contributed by atoms with Crippen LogP contribution in [0.25, 0.3) is 11.3 Å². The number of hydrogen-bond donors (Lipinski definition) is 1. The van der Waals surface area contributed by atoms with Gasteiger partial charge in [0.2, 0.25) is 0 Å². The molecule has 20 heavy (non-hydrogen) atoms. The lowest BCUT2D eigenvalue weighted by Gasteiger charge is -2.25. The molecule has 0 atom stereocenters. The van der Waals surface area contributed by atoms with Crippen molar-refractivity contribution in [1.82, 2.24) is 4.98 Å². The van der Waals surface area contributed by atoms with Gasteiger partial charge in [0.1, 0.15) is 5.01 Å². The van der Waals surface area contributed by atoms with E-state index >= 15 is 0 Å². The minimum atomic E-state index is -0.192. The van der Waals surface area contributed by atoms with Gasteiger partial charge in [-0.15, -0.1) is 11.3 Å². The fourth-order valence-corrected chi connectivity index (χ4v) is 4.19. The molecule has 2 aromatic rings. The van der Waals surface area contributed by atoms with Crippen LogP contribution in [0.3, 0.4) is 0 Å². The van der Waals surface area contributed by atoms with Crippen molar-refractivity contribution in [2.24, 2.45) is 5.73 Å². The lowest BCUT2D eigenvalue weighted by molar-refractivity contribution is 0.384. The van der Waals surface area contributed by atoms with E-state index in [4.69, 9.17) is 10.7 Å². The average Bonchev–Trinajstić information content (AvgIpc) is 2.84. The van der Waals surface area contributed by atoms with Gasteiger partial charge in [-0.1, -0.05) is 37.8 Å². The zero-order chi connectivity index (χ0) is 14.0. The van der Waals surface area contributed by atoms with Gasteiger partial charge in [-0.2, -0.15) is 0 Å². The number of thiazole rings is 1. The third kappa shape index (κ3) is 3.07. The fraction of sp³-hybridized carbons (Fsp3) is 0.438. The van der Waals surface area contributed by atoms with E-state index in [0.29, 0.717) is 0 Å². The lowest BCUT2D eigenvalue weighted by Crippen LogP contribution is -2.35. The predicted molar refractivity (Wildman–Crippen MR) is 93.8 cm³/mol. The van der Waals surface area contributed by atoms with E-state index in [1.165, 1.54) is 34.8 Å². The van der Waals surface area contributed by atoms with Crippen LogP contribution in [0.4, 0.5) is 0 Å². The molecule has 0 aliphatic heterocycles. The Labute approximate surface area is 137 Å². The van der Waals surface area contributed by atoms with Crippen molar-refractivity contribution < 1.29 is 0 Å². The van der Waals surface area contributed by atoms with Gasteiger partial charge in [0.15, 0.2) is 0 Å². The largest absolute Gasteiger partial charge is 0.319 e. The van der Waals surface area contributed by atoms with Crippen LogP contribution in [0, 0.1) is 3.57 Å². The quantitative estimate of drug-likeness (QED) is 0.576. The third-order valence-corrected chi connectivity index (χ3v) is 5.85. The number of aromatic nitrogens is 1. The SMILES string of the molecule is NC1(c2nc(-c3ccc(I)cc3)cs2)CCCCCC1. The molecule has 106 valence electrons. The first-order valence-electron chi connectivity index (χ1n) is 7.18. The zero-order valence-electron chi connectivity index (χ0n) is 11.4. The highest BCUT2D eigenvalue weighted by Crippen LogP contribution is 2.36. The number of rotatable bonds is 2. The first-order valence-corrected chi connectivity index (χ1v) is 9.14. The fourth-order valence-electron chi connectivity index (χ4n) is 2.83. The van der Waals surface area contributed by atoms with Crippen LogP contribution in [-0.2, 0) is 5.54 Å². The van der Waals surface area contributed by atoms with Crippen LogP contribution in [0.2, 0.25) is 0 Å². The summed E-state index contributed by atoms with van der Waals surface area (Å²) in [6.07, 6.45) is 7.24. The maximum atomic E-state index is 6.64. The number of halogens is 1. The molecule has 1 heterocycles. The zero-order valence-corrected chi connectivity index (χ0v) is 14.4. The molecular weight excluding hydrogens is 379 g/mol. The van der Waals surface area contributed by atoms with E-state index in [1.54, 1.807) is 11.3 Å². The van der Waals surface area contributed by atoms with Crippen molar-refractivity contribution >= 4 is 33.9 Å². The molecule has 0 spiro atoms. The molecule has 0 bridgehead atoms. The molecule has 1 aliphatic rings. The van der Waals surface area contributed by atoms with Crippen LogP contribution in [0.1, 0.15) is 43.5 Å². The Balaban J connectivity index is 1.87. The van der Waals surface area contributed by atoms with Crippen molar-refractivity contribution in [2.45, 2.75) is 44.1 Å². The summed E-state index contributed by atoms with van der Waals surface area (Å²) in [5.74, 6) is 0. The van der Waals surface area contributed by atoms with E-state index in [9.17, 15) is 0 Å². The Kier molecular flexibility index (Phi) is 4.43. The van der Waals surface area contributed by atoms with E-state index in [0.717, 1.165) is 23.5 Å². The number of hydrogen-bond acceptors (Lipinski definition) is 3. The average molecular weight is 398 g/mol. The molecule has 2 N–H and O–H groups in total. The smallest absolute Gasteiger partial charge is 0.113 e. The summed E-state index contributed by atoms with van der Waals surface area (Å²) in [6, 6.07) is 8.52. The molecule has 1 aromatic heterocycles. The van der Waals surface area contributed by atoms with Crippen molar-refractivity contribution in [3.8, 4) is 11.3 Å².